The molecule has 13 heavy (non-hydrogen) atoms. The van der Waals surface area contributed by atoms with Gasteiger partial charge >= 0.3 is 5.97 Å². The van der Waals surface area contributed by atoms with Crippen molar-refractivity contribution in [1.29, 1.82) is 0 Å². The molecule has 6 fully saturated rings. The zero-order chi connectivity index (χ0) is 8.75. The molecular weight excluding hydrogens is 232 g/mol. The van der Waals surface area contributed by atoms with Gasteiger partial charge in [0, 0.05) is 5.33 Å². The van der Waals surface area contributed by atoms with Crippen molar-refractivity contribution >= 4 is 21.9 Å². The van der Waals surface area contributed by atoms with Gasteiger partial charge in [-0.2, -0.15) is 0 Å². The lowest BCUT2D eigenvalue weighted by Crippen LogP contribution is -3.11. The summed E-state index contributed by atoms with van der Waals surface area (Å²) in [5, 5.41) is 10.3. The Morgan fingerprint density at radius 3 is 1.92 bits per heavy atom. The van der Waals surface area contributed by atoms with Crippen LogP contribution in [0.1, 0.15) is 0 Å². The number of hydrogen-bond acceptors (Lipinski definition) is 1. The first-order chi connectivity index (χ1) is 6.24. The first-order valence-electron chi connectivity index (χ1n) is 5.03. The number of alkyl halides is 1. The summed E-state index contributed by atoms with van der Waals surface area (Å²) in [5.41, 5.74) is 0.459. The Balaban J connectivity index is 1.67. The van der Waals surface area contributed by atoms with E-state index in [1.165, 1.54) is 0 Å². The first-order valence-corrected chi connectivity index (χ1v) is 6.15. The highest BCUT2D eigenvalue weighted by Gasteiger charge is 3.11. The number of aliphatic carboxylic acids is 1. The van der Waals surface area contributed by atoms with Gasteiger partial charge in [0.25, 0.3) is 0 Å². The van der Waals surface area contributed by atoms with Crippen LogP contribution < -0.4 is 0 Å². The highest BCUT2D eigenvalue weighted by Crippen LogP contribution is 3.10. The third-order valence-corrected chi connectivity index (χ3v) is 7.41. The molecule has 0 amide bonds. The lowest BCUT2D eigenvalue weighted by atomic mass is 8.92. The van der Waals surface area contributed by atoms with Crippen LogP contribution in [0.25, 0.3) is 0 Å². The van der Waals surface area contributed by atoms with Crippen LogP contribution in [0.15, 0.2) is 0 Å². The summed E-state index contributed by atoms with van der Waals surface area (Å²) < 4.78 is 0. The highest BCUT2D eigenvalue weighted by atomic mass is 79.9. The average Bonchev–Trinajstić information content (AvgIpc) is 2.16. The van der Waals surface area contributed by atoms with Crippen LogP contribution in [0.5, 0.6) is 0 Å². The number of hydrogen-bond donors (Lipinski definition) is 1. The van der Waals surface area contributed by atoms with Crippen LogP contribution in [0, 0.1) is 46.3 Å². The van der Waals surface area contributed by atoms with Crippen molar-refractivity contribution in [3.63, 3.8) is 0 Å². The Morgan fingerprint density at radius 2 is 1.62 bits per heavy atom. The third kappa shape index (κ3) is 0.249. The molecule has 0 aromatic heterocycles. The van der Waals surface area contributed by atoms with E-state index < -0.39 is 5.97 Å². The topological polar surface area (TPSA) is 37.3 Å². The molecule has 3 heteroatoms. The molecule has 0 aromatic carbocycles. The van der Waals surface area contributed by atoms with E-state index in [1.54, 1.807) is 0 Å². The molecule has 2 nitrogen and oxygen atoms in total. The molecule has 6 saturated carbocycles. The second-order valence-corrected chi connectivity index (χ2v) is 6.20. The fourth-order valence-corrected chi connectivity index (χ4v) is 7.57. The zero-order valence-corrected chi connectivity index (χ0v) is 8.49. The van der Waals surface area contributed by atoms with Gasteiger partial charge < -0.3 is 5.11 Å². The molecule has 0 saturated heterocycles. The van der Waals surface area contributed by atoms with E-state index in [9.17, 15) is 9.90 Å². The van der Waals surface area contributed by atoms with Crippen LogP contribution in [0.3, 0.4) is 0 Å². The normalized spacial score (nSPS) is 82.2. The van der Waals surface area contributed by atoms with E-state index in [4.69, 9.17) is 0 Å². The second kappa shape index (κ2) is 1.24. The lowest BCUT2D eigenvalue weighted by molar-refractivity contribution is -0.637. The largest absolute Gasteiger partial charge is 0.481 e. The molecule has 0 bridgehead atoms. The fourth-order valence-electron chi connectivity index (χ4n) is 6.45. The Labute approximate surface area is 83.8 Å². The number of carboxylic acids is 1. The monoisotopic (exact) mass is 240 g/mol. The van der Waals surface area contributed by atoms with E-state index >= 15 is 0 Å². The Bertz CT molecular complexity index is 335. The van der Waals surface area contributed by atoms with E-state index in [1.807, 2.05) is 0 Å². The summed E-state index contributed by atoms with van der Waals surface area (Å²) in [4.78, 5) is 11.2. The van der Waals surface area contributed by atoms with Gasteiger partial charge in [-0.15, -0.1) is 0 Å². The number of halogens is 1. The first kappa shape index (κ1) is 6.44. The fraction of sp³-hybridized carbons (Fsp3) is 0.900. The minimum Gasteiger partial charge on any atom is -0.481 e. The molecule has 0 unspecified atom stereocenters. The summed E-state index contributed by atoms with van der Waals surface area (Å²) in [6.07, 6.45) is 0. The molecule has 0 spiro atoms. The van der Waals surface area contributed by atoms with Gasteiger partial charge in [0.1, 0.15) is 0 Å². The van der Waals surface area contributed by atoms with E-state index in [-0.39, 0.29) is 5.41 Å². The van der Waals surface area contributed by atoms with Crippen LogP contribution in [-0.2, 0) is 4.79 Å². The summed E-state index contributed by atoms with van der Waals surface area (Å²) in [5.74, 6) is 3.83. The minimum atomic E-state index is -0.473. The number of carbonyl (C=O) groups is 1. The Hall–Kier alpha value is -0.0500. The van der Waals surface area contributed by atoms with E-state index in [0.717, 1.165) is 23.1 Å². The van der Waals surface area contributed by atoms with Crippen molar-refractivity contribution in [2.24, 2.45) is 46.3 Å². The predicted molar refractivity (Wildman–Crippen MR) is 47.2 cm³/mol. The Kier molecular flexibility index (Phi) is 0.616. The maximum atomic E-state index is 11.2. The molecule has 6 rings (SSSR count). The van der Waals surface area contributed by atoms with Crippen LogP contribution in [0.2, 0.25) is 0 Å². The smallest absolute Gasteiger partial charge is 0.310 e. The summed E-state index contributed by atoms with van der Waals surface area (Å²) in [7, 11) is 0. The standard InChI is InChI=1S/C10H9BrO2/c11-1-9-2-5-3(9)7-4(9)6(2)10(5,7)8(12)13/h2-7H,1H2,(H,12,13). The lowest BCUT2D eigenvalue weighted by Gasteiger charge is -3.10. The number of carboxylic acid groups (broad SMARTS) is 1. The molecule has 0 aliphatic heterocycles. The van der Waals surface area contributed by atoms with Gasteiger partial charge in [0.15, 0.2) is 0 Å². The van der Waals surface area contributed by atoms with Gasteiger partial charge in [-0.05, 0) is 40.9 Å². The number of rotatable bonds is 2. The molecular formula is C10H9BrO2. The summed E-state index contributed by atoms with van der Waals surface area (Å²) in [6, 6.07) is 0. The molecule has 0 radical (unpaired) electrons. The van der Waals surface area contributed by atoms with Crippen LogP contribution in [-0.4, -0.2) is 16.4 Å². The van der Waals surface area contributed by atoms with Gasteiger partial charge in [-0.25, -0.2) is 0 Å². The van der Waals surface area contributed by atoms with Crippen LogP contribution in [0.4, 0.5) is 0 Å². The quantitative estimate of drug-likeness (QED) is 0.737. The van der Waals surface area contributed by atoms with Crippen molar-refractivity contribution in [3.05, 3.63) is 0 Å². The van der Waals surface area contributed by atoms with E-state index in [2.05, 4.69) is 15.9 Å². The molecule has 0 aromatic rings. The van der Waals surface area contributed by atoms with Crippen molar-refractivity contribution in [3.8, 4) is 0 Å². The zero-order valence-electron chi connectivity index (χ0n) is 6.90. The van der Waals surface area contributed by atoms with Crippen molar-refractivity contribution in [1.82, 2.24) is 0 Å². The predicted octanol–water partition coefficient (Wildman–Crippen LogP) is 1.20. The molecule has 6 aliphatic carbocycles. The molecule has 1 N–H and O–H groups in total. The minimum absolute atomic E-state index is 0.163. The second-order valence-electron chi connectivity index (χ2n) is 5.64. The molecule has 68 valence electrons. The van der Waals surface area contributed by atoms with Crippen molar-refractivity contribution < 1.29 is 9.90 Å². The third-order valence-electron chi connectivity index (χ3n) is 6.44. The maximum Gasteiger partial charge on any atom is 0.310 e. The molecule has 6 aliphatic rings. The molecule has 0 heterocycles. The molecule has 0 atom stereocenters. The van der Waals surface area contributed by atoms with Gasteiger partial charge in [-0.3, -0.25) is 4.79 Å². The van der Waals surface area contributed by atoms with Crippen molar-refractivity contribution in [2.75, 3.05) is 5.33 Å². The Morgan fingerprint density at radius 1 is 1.15 bits per heavy atom. The van der Waals surface area contributed by atoms with E-state index in [0.29, 0.717) is 23.2 Å². The maximum absolute atomic E-state index is 11.2. The highest BCUT2D eigenvalue weighted by molar-refractivity contribution is 9.09. The summed E-state index contributed by atoms with van der Waals surface area (Å²) >= 11 is 3.61. The summed E-state index contributed by atoms with van der Waals surface area (Å²) in [6.45, 7) is 0. The van der Waals surface area contributed by atoms with Gasteiger partial charge in [-0.1, -0.05) is 15.9 Å². The SMILES string of the molecule is O=C(O)C12C3C4C1C1C2C3C41CBr. The van der Waals surface area contributed by atoms with Gasteiger partial charge in [0.05, 0.1) is 5.41 Å². The average molecular weight is 241 g/mol. The van der Waals surface area contributed by atoms with Gasteiger partial charge in [0.2, 0.25) is 0 Å². The van der Waals surface area contributed by atoms with Crippen LogP contribution >= 0.6 is 15.9 Å². The van der Waals surface area contributed by atoms with Crippen molar-refractivity contribution in [2.45, 2.75) is 0 Å².